The number of anilines is 1. The van der Waals surface area contributed by atoms with E-state index in [0.29, 0.717) is 11.4 Å². The van der Waals surface area contributed by atoms with Crippen LogP contribution in [0.1, 0.15) is 0 Å². The van der Waals surface area contributed by atoms with Gasteiger partial charge in [0.25, 0.3) is 5.91 Å². The first-order chi connectivity index (χ1) is 14.9. The van der Waals surface area contributed by atoms with E-state index in [2.05, 4.69) is 32.5 Å². The lowest BCUT2D eigenvalue weighted by atomic mass is 10.1. The number of amides is 1. The summed E-state index contributed by atoms with van der Waals surface area (Å²) in [5.74, 6) is 0.184. The van der Waals surface area contributed by atoms with Crippen molar-refractivity contribution >= 4 is 37.5 Å². The SMILES string of the molecule is C=CCNS(=O)(=O)c1ccc(NC(=O)COc2ccc(-c3ccccc3)cc2Br)cc1. The Morgan fingerprint density at radius 2 is 1.71 bits per heavy atom. The van der Waals surface area contributed by atoms with E-state index in [-0.39, 0.29) is 24.0 Å². The summed E-state index contributed by atoms with van der Waals surface area (Å²) in [4.78, 5) is 12.3. The van der Waals surface area contributed by atoms with E-state index in [9.17, 15) is 13.2 Å². The van der Waals surface area contributed by atoms with Gasteiger partial charge >= 0.3 is 0 Å². The van der Waals surface area contributed by atoms with Crippen LogP contribution in [0.2, 0.25) is 0 Å². The van der Waals surface area contributed by atoms with Gasteiger partial charge in [0.2, 0.25) is 10.0 Å². The number of carbonyl (C=O) groups excluding carboxylic acids is 1. The fourth-order valence-electron chi connectivity index (χ4n) is 2.74. The molecule has 1 amide bonds. The van der Waals surface area contributed by atoms with Gasteiger partial charge in [0.1, 0.15) is 5.75 Å². The highest BCUT2D eigenvalue weighted by atomic mass is 79.9. The summed E-state index contributed by atoms with van der Waals surface area (Å²) < 4.78 is 32.9. The third-order valence-electron chi connectivity index (χ3n) is 4.26. The monoisotopic (exact) mass is 500 g/mol. The minimum absolute atomic E-state index is 0.103. The lowest BCUT2D eigenvalue weighted by Gasteiger charge is -2.11. The average molecular weight is 501 g/mol. The first-order valence-corrected chi connectivity index (χ1v) is 11.6. The molecule has 0 saturated heterocycles. The van der Waals surface area contributed by atoms with E-state index in [1.807, 2.05) is 42.5 Å². The van der Waals surface area contributed by atoms with Crippen LogP contribution in [0.5, 0.6) is 5.75 Å². The number of hydrogen-bond donors (Lipinski definition) is 2. The number of benzene rings is 3. The van der Waals surface area contributed by atoms with Gasteiger partial charge in [-0.3, -0.25) is 4.79 Å². The normalized spacial score (nSPS) is 11.0. The minimum atomic E-state index is -3.61. The molecule has 0 atom stereocenters. The smallest absolute Gasteiger partial charge is 0.262 e. The summed E-state index contributed by atoms with van der Waals surface area (Å²) in [5, 5.41) is 2.68. The molecule has 0 aliphatic carbocycles. The molecule has 0 aliphatic heterocycles. The lowest BCUT2D eigenvalue weighted by Crippen LogP contribution is -2.23. The molecule has 8 heteroatoms. The Labute approximate surface area is 190 Å². The number of carbonyl (C=O) groups is 1. The van der Waals surface area contributed by atoms with Gasteiger partial charge in [-0.15, -0.1) is 6.58 Å². The zero-order valence-corrected chi connectivity index (χ0v) is 18.9. The number of ether oxygens (including phenoxy) is 1. The standard InChI is InChI=1S/C23H21BrN2O4S/c1-2-14-25-31(28,29)20-11-9-19(10-12-20)26-23(27)16-30-22-13-8-18(15-21(22)24)17-6-4-3-5-7-17/h2-13,15,25H,1,14,16H2,(H,26,27). The highest BCUT2D eigenvalue weighted by Gasteiger charge is 2.13. The molecule has 0 unspecified atom stereocenters. The molecule has 6 nitrogen and oxygen atoms in total. The van der Waals surface area contributed by atoms with Gasteiger partial charge in [0.05, 0.1) is 9.37 Å². The predicted molar refractivity (Wildman–Crippen MR) is 126 cm³/mol. The molecule has 160 valence electrons. The summed E-state index contributed by atoms with van der Waals surface area (Å²) >= 11 is 3.48. The molecule has 2 N–H and O–H groups in total. The second kappa shape index (κ2) is 10.4. The summed E-state index contributed by atoms with van der Waals surface area (Å²) in [5.41, 5.74) is 2.58. The summed E-state index contributed by atoms with van der Waals surface area (Å²) in [7, 11) is -3.61. The van der Waals surface area contributed by atoms with Crippen LogP contribution in [0.4, 0.5) is 5.69 Å². The number of halogens is 1. The Kier molecular flexibility index (Phi) is 7.62. The first-order valence-electron chi connectivity index (χ1n) is 9.37. The highest BCUT2D eigenvalue weighted by molar-refractivity contribution is 9.10. The largest absolute Gasteiger partial charge is 0.483 e. The Morgan fingerprint density at radius 1 is 1.00 bits per heavy atom. The van der Waals surface area contributed by atoms with Crippen LogP contribution in [0.25, 0.3) is 11.1 Å². The molecule has 0 heterocycles. The van der Waals surface area contributed by atoms with Gasteiger partial charge in [-0.1, -0.05) is 42.5 Å². The molecule has 0 fully saturated rings. The summed E-state index contributed by atoms with van der Waals surface area (Å²) in [6.45, 7) is 3.43. The van der Waals surface area contributed by atoms with E-state index in [4.69, 9.17) is 4.74 Å². The van der Waals surface area contributed by atoms with Crippen molar-refractivity contribution in [1.29, 1.82) is 0 Å². The molecule has 31 heavy (non-hydrogen) atoms. The van der Waals surface area contributed by atoms with Crippen molar-refractivity contribution in [3.05, 3.63) is 89.9 Å². The van der Waals surface area contributed by atoms with Crippen LogP contribution in [-0.2, 0) is 14.8 Å². The maximum absolute atomic E-state index is 12.2. The molecule has 3 rings (SSSR count). The lowest BCUT2D eigenvalue weighted by molar-refractivity contribution is -0.118. The molecule has 3 aromatic rings. The van der Waals surface area contributed by atoms with E-state index in [1.54, 1.807) is 6.07 Å². The fraction of sp³-hybridized carbons (Fsp3) is 0.0870. The zero-order chi connectivity index (χ0) is 22.3. The topological polar surface area (TPSA) is 84.5 Å². The molecular formula is C23H21BrN2O4S. The van der Waals surface area contributed by atoms with Crippen LogP contribution < -0.4 is 14.8 Å². The highest BCUT2D eigenvalue weighted by Crippen LogP contribution is 2.30. The molecule has 0 bridgehead atoms. The quantitative estimate of drug-likeness (QED) is 0.420. The number of sulfonamides is 1. The molecule has 0 saturated carbocycles. The third-order valence-corrected chi connectivity index (χ3v) is 6.32. The Morgan fingerprint density at radius 3 is 2.35 bits per heavy atom. The van der Waals surface area contributed by atoms with Crippen molar-refractivity contribution in [2.75, 3.05) is 18.5 Å². The van der Waals surface area contributed by atoms with Crippen molar-refractivity contribution in [3.63, 3.8) is 0 Å². The maximum Gasteiger partial charge on any atom is 0.262 e. The zero-order valence-electron chi connectivity index (χ0n) is 16.5. The summed E-state index contributed by atoms with van der Waals surface area (Å²) in [6.07, 6.45) is 1.46. The molecule has 0 aliphatic rings. The van der Waals surface area contributed by atoms with E-state index >= 15 is 0 Å². The van der Waals surface area contributed by atoms with E-state index in [1.165, 1.54) is 30.3 Å². The number of rotatable bonds is 9. The minimum Gasteiger partial charge on any atom is -0.483 e. The van der Waals surface area contributed by atoms with Crippen LogP contribution in [0, 0.1) is 0 Å². The molecule has 0 spiro atoms. The maximum atomic E-state index is 12.2. The van der Waals surface area contributed by atoms with Crippen LogP contribution in [-0.4, -0.2) is 27.5 Å². The second-order valence-corrected chi connectivity index (χ2v) is 9.13. The number of nitrogens with one attached hydrogen (secondary N) is 2. The van der Waals surface area contributed by atoms with Crippen molar-refractivity contribution in [1.82, 2.24) is 4.72 Å². The van der Waals surface area contributed by atoms with Crippen molar-refractivity contribution in [2.45, 2.75) is 4.90 Å². The van der Waals surface area contributed by atoms with Gasteiger partial charge < -0.3 is 10.1 Å². The number of hydrogen-bond acceptors (Lipinski definition) is 4. The molecule has 3 aromatic carbocycles. The fourth-order valence-corrected chi connectivity index (χ4v) is 4.23. The van der Waals surface area contributed by atoms with E-state index in [0.717, 1.165) is 15.6 Å². The molecular weight excluding hydrogens is 480 g/mol. The van der Waals surface area contributed by atoms with Gasteiger partial charge in [-0.2, -0.15) is 0 Å². The van der Waals surface area contributed by atoms with Crippen molar-refractivity contribution in [3.8, 4) is 16.9 Å². The second-order valence-electron chi connectivity index (χ2n) is 6.51. The van der Waals surface area contributed by atoms with Crippen molar-refractivity contribution in [2.24, 2.45) is 0 Å². The van der Waals surface area contributed by atoms with E-state index < -0.39 is 10.0 Å². The van der Waals surface area contributed by atoms with Gasteiger partial charge in [0, 0.05) is 12.2 Å². The Bertz CT molecular complexity index is 1160. The van der Waals surface area contributed by atoms with Gasteiger partial charge in [-0.25, -0.2) is 13.1 Å². The third kappa shape index (κ3) is 6.27. The first kappa shape index (κ1) is 22.7. The molecule has 0 radical (unpaired) electrons. The predicted octanol–water partition coefficient (Wildman–Crippen LogP) is 4.60. The summed E-state index contributed by atoms with van der Waals surface area (Å²) in [6, 6.07) is 21.5. The van der Waals surface area contributed by atoms with Gasteiger partial charge in [-0.05, 0) is 63.5 Å². The Balaban J connectivity index is 1.57. The van der Waals surface area contributed by atoms with Crippen LogP contribution in [0.3, 0.4) is 0 Å². The van der Waals surface area contributed by atoms with Crippen LogP contribution >= 0.6 is 15.9 Å². The Hall–Kier alpha value is -2.94. The van der Waals surface area contributed by atoms with Crippen molar-refractivity contribution < 1.29 is 17.9 Å². The van der Waals surface area contributed by atoms with Gasteiger partial charge in [0.15, 0.2) is 6.61 Å². The molecule has 0 aromatic heterocycles. The van der Waals surface area contributed by atoms with Crippen LogP contribution in [0.15, 0.2) is 94.8 Å². The average Bonchev–Trinajstić information content (AvgIpc) is 2.78.